The molecule has 2 amide bonds. The van der Waals surface area contributed by atoms with Crippen molar-refractivity contribution in [2.24, 2.45) is 0 Å². The third kappa shape index (κ3) is 15.2. The molecule has 0 saturated carbocycles. The van der Waals surface area contributed by atoms with Crippen molar-refractivity contribution in [2.45, 2.75) is 79.6 Å². The van der Waals surface area contributed by atoms with Crippen molar-refractivity contribution in [1.29, 1.82) is 0 Å². The molecule has 0 aliphatic rings. The number of amides is 2. The molecule has 4 nitrogen and oxygen atoms in total. The zero-order valence-electron chi connectivity index (χ0n) is 20.8. The molecule has 0 unspecified atom stereocenters. The lowest BCUT2D eigenvalue weighted by Crippen LogP contribution is -2.36. The fourth-order valence-electron chi connectivity index (χ4n) is 3.22. The number of urea groups is 1. The van der Waals surface area contributed by atoms with Gasteiger partial charge in [-0.1, -0.05) is 52.7 Å². The van der Waals surface area contributed by atoms with Crippen LogP contribution in [-0.4, -0.2) is 24.1 Å². The second-order valence-corrected chi connectivity index (χ2v) is 8.76. The van der Waals surface area contributed by atoms with Gasteiger partial charge in [-0.25, -0.2) is 4.79 Å². The molecule has 2 N–H and O–H groups in total. The van der Waals surface area contributed by atoms with Crippen LogP contribution in [0.3, 0.4) is 0 Å². The van der Waals surface area contributed by atoms with Crippen molar-refractivity contribution in [1.82, 2.24) is 15.6 Å². The second-order valence-electron chi connectivity index (χ2n) is 8.76. The van der Waals surface area contributed by atoms with Crippen LogP contribution in [0.2, 0.25) is 0 Å². The van der Waals surface area contributed by atoms with Crippen molar-refractivity contribution in [3.8, 4) is 0 Å². The Hall–Kier alpha value is -2.62. The first-order valence-electron chi connectivity index (χ1n) is 11.9. The minimum Gasteiger partial charge on any atom is -0.338 e. The van der Waals surface area contributed by atoms with Crippen LogP contribution in [-0.2, 0) is 6.42 Å². The van der Waals surface area contributed by atoms with Crippen LogP contribution < -0.4 is 10.6 Å². The highest BCUT2D eigenvalue weighted by Gasteiger charge is 1.99. The number of hydrogen-bond donors (Lipinski definition) is 2. The predicted molar refractivity (Wildman–Crippen MR) is 138 cm³/mol. The SMILES string of the molecule is CC(C)=CCCC(C)=CCCC(C)=CCCC(C)=CCNC(=O)NCCc1ccccn1. The summed E-state index contributed by atoms with van der Waals surface area (Å²) < 4.78 is 0. The minimum atomic E-state index is -0.134. The van der Waals surface area contributed by atoms with Crippen molar-refractivity contribution in [3.05, 3.63) is 76.7 Å². The third-order valence-electron chi connectivity index (χ3n) is 5.26. The van der Waals surface area contributed by atoms with Crippen LogP contribution in [0.25, 0.3) is 0 Å². The molecule has 0 atom stereocenters. The summed E-state index contributed by atoms with van der Waals surface area (Å²) in [6.45, 7) is 12.0. The Labute approximate surface area is 196 Å². The molecule has 0 bridgehead atoms. The third-order valence-corrected chi connectivity index (χ3v) is 5.26. The lowest BCUT2D eigenvalue weighted by Gasteiger charge is -2.06. The van der Waals surface area contributed by atoms with Crippen molar-refractivity contribution in [2.75, 3.05) is 13.1 Å². The largest absolute Gasteiger partial charge is 0.338 e. The van der Waals surface area contributed by atoms with Gasteiger partial charge in [0.25, 0.3) is 0 Å². The summed E-state index contributed by atoms with van der Waals surface area (Å²) in [4.78, 5) is 16.1. The molecule has 1 rings (SSSR count). The smallest absolute Gasteiger partial charge is 0.315 e. The molecule has 4 heteroatoms. The van der Waals surface area contributed by atoms with Gasteiger partial charge in [0.1, 0.15) is 0 Å². The van der Waals surface area contributed by atoms with Gasteiger partial charge >= 0.3 is 6.03 Å². The molecule has 1 aromatic heterocycles. The van der Waals surface area contributed by atoms with Crippen molar-refractivity contribution >= 4 is 6.03 Å². The lowest BCUT2D eigenvalue weighted by atomic mass is 10.0. The Morgan fingerprint density at radius 2 is 1.41 bits per heavy atom. The van der Waals surface area contributed by atoms with E-state index in [-0.39, 0.29) is 6.03 Å². The van der Waals surface area contributed by atoms with E-state index in [1.54, 1.807) is 6.20 Å². The summed E-state index contributed by atoms with van der Waals surface area (Å²) in [6.07, 6.45) is 18.3. The number of nitrogens with one attached hydrogen (secondary N) is 2. The Bertz CT molecular complexity index is 784. The van der Waals surface area contributed by atoms with Gasteiger partial charge in [0.05, 0.1) is 0 Å². The maximum absolute atomic E-state index is 11.9. The molecule has 0 spiro atoms. The average Bonchev–Trinajstić information content (AvgIpc) is 2.74. The van der Waals surface area contributed by atoms with E-state index >= 15 is 0 Å². The Balaban J connectivity index is 2.15. The minimum absolute atomic E-state index is 0.134. The summed E-state index contributed by atoms with van der Waals surface area (Å²) in [7, 11) is 0. The molecule has 0 radical (unpaired) electrons. The molecule has 0 aliphatic heterocycles. The summed E-state index contributed by atoms with van der Waals surface area (Å²) in [6, 6.07) is 5.68. The van der Waals surface area contributed by atoms with Gasteiger partial charge in [0.2, 0.25) is 0 Å². The van der Waals surface area contributed by atoms with Crippen LogP contribution in [0, 0.1) is 0 Å². The summed E-state index contributed by atoms with van der Waals surface area (Å²) in [5, 5.41) is 5.76. The number of rotatable bonds is 14. The van der Waals surface area contributed by atoms with Crippen molar-refractivity contribution in [3.63, 3.8) is 0 Å². The first-order chi connectivity index (χ1) is 15.4. The number of nitrogens with zero attached hydrogens (tertiary/aromatic N) is 1. The molecule has 0 aliphatic carbocycles. The summed E-state index contributed by atoms with van der Waals surface area (Å²) in [5.74, 6) is 0. The number of allylic oxidation sites excluding steroid dienone is 7. The zero-order valence-corrected chi connectivity index (χ0v) is 20.8. The van der Waals surface area contributed by atoms with Crippen molar-refractivity contribution < 1.29 is 4.79 Å². The van der Waals surface area contributed by atoms with E-state index in [4.69, 9.17) is 0 Å². The number of carbonyl (C=O) groups excluding carboxylic acids is 1. The van der Waals surface area contributed by atoms with Crippen LogP contribution in [0.15, 0.2) is 71.0 Å². The van der Waals surface area contributed by atoms with E-state index in [9.17, 15) is 4.79 Å². The zero-order chi connectivity index (χ0) is 23.6. The van der Waals surface area contributed by atoms with Crippen LogP contribution in [0.1, 0.15) is 78.8 Å². The van der Waals surface area contributed by atoms with Gasteiger partial charge in [-0.3, -0.25) is 4.98 Å². The van der Waals surface area contributed by atoms with E-state index in [0.29, 0.717) is 13.1 Å². The molecular formula is C28H43N3O. The van der Waals surface area contributed by atoms with E-state index in [1.807, 2.05) is 18.2 Å². The maximum atomic E-state index is 11.9. The Morgan fingerprint density at radius 3 is 1.97 bits per heavy atom. The van der Waals surface area contributed by atoms with Crippen LogP contribution in [0.5, 0.6) is 0 Å². The predicted octanol–water partition coefficient (Wildman–Crippen LogP) is 7.07. The van der Waals surface area contributed by atoms with Crippen LogP contribution >= 0.6 is 0 Å². The van der Waals surface area contributed by atoms with E-state index < -0.39 is 0 Å². The first-order valence-corrected chi connectivity index (χ1v) is 11.9. The molecule has 1 aromatic rings. The number of hydrogen-bond acceptors (Lipinski definition) is 2. The molecule has 0 saturated heterocycles. The molecule has 32 heavy (non-hydrogen) atoms. The topological polar surface area (TPSA) is 54.0 Å². The lowest BCUT2D eigenvalue weighted by molar-refractivity contribution is 0.242. The van der Waals surface area contributed by atoms with Crippen LogP contribution in [0.4, 0.5) is 4.79 Å². The number of aromatic nitrogens is 1. The highest BCUT2D eigenvalue weighted by molar-refractivity contribution is 5.73. The van der Waals surface area contributed by atoms with Gasteiger partial charge in [-0.15, -0.1) is 0 Å². The van der Waals surface area contributed by atoms with Gasteiger partial charge in [-0.2, -0.15) is 0 Å². The standard InChI is InChI=1S/C28H43N3O/c1-23(2)11-8-12-24(3)13-9-14-25(4)15-10-16-26(5)18-21-30-28(32)31-22-19-27-17-6-7-20-29-27/h6-7,11,13,15,17-18,20H,8-10,12,14,16,19,21-22H2,1-5H3,(H2,30,31,32). The quantitative estimate of drug-likeness (QED) is 0.306. The maximum Gasteiger partial charge on any atom is 0.315 e. The van der Waals surface area contributed by atoms with E-state index in [0.717, 1.165) is 50.6 Å². The Morgan fingerprint density at radius 1 is 0.812 bits per heavy atom. The second kappa shape index (κ2) is 17.0. The molecular weight excluding hydrogens is 394 g/mol. The van der Waals surface area contributed by atoms with E-state index in [1.165, 1.54) is 22.3 Å². The molecule has 0 fully saturated rings. The Kier molecular flexibility index (Phi) is 14.6. The molecule has 1 heterocycles. The average molecular weight is 438 g/mol. The van der Waals surface area contributed by atoms with Gasteiger partial charge in [-0.05, 0) is 85.3 Å². The summed E-state index contributed by atoms with van der Waals surface area (Å²) >= 11 is 0. The van der Waals surface area contributed by atoms with Gasteiger partial charge in [0, 0.05) is 31.4 Å². The van der Waals surface area contributed by atoms with Gasteiger partial charge in [0.15, 0.2) is 0 Å². The fourth-order valence-corrected chi connectivity index (χ4v) is 3.22. The normalized spacial score (nSPS) is 12.5. The molecule has 176 valence electrons. The van der Waals surface area contributed by atoms with E-state index in [2.05, 4.69) is 74.5 Å². The summed E-state index contributed by atoms with van der Waals surface area (Å²) in [5.41, 5.74) is 6.63. The highest BCUT2D eigenvalue weighted by atomic mass is 16.2. The highest BCUT2D eigenvalue weighted by Crippen LogP contribution is 2.13. The number of pyridine rings is 1. The molecule has 0 aromatic carbocycles. The first kappa shape index (κ1) is 27.4. The number of carbonyl (C=O) groups is 1. The fraction of sp³-hybridized carbons (Fsp3) is 0.500. The monoisotopic (exact) mass is 437 g/mol. The van der Waals surface area contributed by atoms with Gasteiger partial charge < -0.3 is 10.6 Å².